The molecule has 0 saturated carbocycles. The molecular weight excluding hydrogens is 354 g/mol. The number of nitrogens with one attached hydrogen (secondary N) is 1. The summed E-state index contributed by atoms with van der Waals surface area (Å²) in [7, 11) is 2.10. The molecule has 7 nitrogen and oxygen atoms in total. The fourth-order valence-corrected chi connectivity index (χ4v) is 3.83. The summed E-state index contributed by atoms with van der Waals surface area (Å²) < 4.78 is 0. The van der Waals surface area contributed by atoms with Crippen LogP contribution in [0.4, 0.5) is 5.82 Å². The predicted octanol–water partition coefficient (Wildman–Crippen LogP) is 1.40. The third-order valence-electron chi connectivity index (χ3n) is 5.09. The summed E-state index contributed by atoms with van der Waals surface area (Å²) in [6.45, 7) is 5.62. The molecular formula is C18H22ClN5O2. The van der Waals surface area contributed by atoms with E-state index in [1.54, 1.807) is 18.2 Å². The van der Waals surface area contributed by atoms with E-state index in [9.17, 15) is 9.90 Å². The number of hydrogen-bond donors (Lipinski definition) is 2. The van der Waals surface area contributed by atoms with Crippen LogP contribution in [0.5, 0.6) is 5.75 Å². The summed E-state index contributed by atoms with van der Waals surface area (Å²) >= 11 is 6.26. The van der Waals surface area contributed by atoms with E-state index in [1.807, 2.05) is 0 Å². The van der Waals surface area contributed by atoms with Gasteiger partial charge in [-0.05, 0) is 30.8 Å². The first-order valence-corrected chi connectivity index (χ1v) is 9.13. The number of aromatic hydroxyl groups is 1. The van der Waals surface area contributed by atoms with Gasteiger partial charge in [0, 0.05) is 62.1 Å². The molecule has 2 aromatic rings. The van der Waals surface area contributed by atoms with E-state index in [0.29, 0.717) is 24.7 Å². The summed E-state index contributed by atoms with van der Waals surface area (Å²) in [5, 5.41) is 10.3. The van der Waals surface area contributed by atoms with Crippen molar-refractivity contribution in [1.29, 1.82) is 0 Å². The third kappa shape index (κ3) is 3.42. The van der Waals surface area contributed by atoms with E-state index in [1.165, 1.54) is 0 Å². The molecule has 8 heteroatoms. The van der Waals surface area contributed by atoms with Crippen LogP contribution in [0.2, 0.25) is 5.02 Å². The van der Waals surface area contributed by atoms with Gasteiger partial charge in [0.1, 0.15) is 11.6 Å². The van der Waals surface area contributed by atoms with Crippen molar-refractivity contribution in [3.05, 3.63) is 50.5 Å². The van der Waals surface area contributed by atoms with Gasteiger partial charge in [0.15, 0.2) is 0 Å². The zero-order valence-corrected chi connectivity index (χ0v) is 15.5. The summed E-state index contributed by atoms with van der Waals surface area (Å²) in [5.41, 5.74) is 2.59. The van der Waals surface area contributed by atoms with Crippen LogP contribution in [0.1, 0.15) is 16.8 Å². The maximum atomic E-state index is 12.0. The van der Waals surface area contributed by atoms with Crippen molar-refractivity contribution in [2.75, 3.05) is 38.1 Å². The molecule has 1 fully saturated rings. The maximum Gasteiger partial charge on any atom is 0.347 e. The van der Waals surface area contributed by atoms with Crippen LogP contribution in [0.15, 0.2) is 23.0 Å². The van der Waals surface area contributed by atoms with Crippen LogP contribution in [0.25, 0.3) is 0 Å². The second-order valence-corrected chi connectivity index (χ2v) is 7.44. The molecule has 0 aliphatic carbocycles. The van der Waals surface area contributed by atoms with Gasteiger partial charge in [-0.15, -0.1) is 0 Å². The van der Waals surface area contributed by atoms with Crippen molar-refractivity contribution in [3.63, 3.8) is 0 Å². The summed E-state index contributed by atoms with van der Waals surface area (Å²) in [5.74, 6) is 1.01. The molecule has 2 N–H and O–H groups in total. The number of piperazine rings is 1. The minimum absolute atomic E-state index is 0.203. The number of phenolic OH excluding ortho intramolecular Hbond substituents is 1. The van der Waals surface area contributed by atoms with Gasteiger partial charge in [-0.3, -0.25) is 4.90 Å². The normalized spacial score (nSPS) is 18.3. The Hall–Kier alpha value is -2.09. The third-order valence-corrected chi connectivity index (χ3v) is 5.46. The molecule has 0 spiro atoms. The molecule has 0 amide bonds. The maximum absolute atomic E-state index is 12.0. The Kier molecular flexibility index (Phi) is 4.60. The van der Waals surface area contributed by atoms with Crippen LogP contribution < -0.4 is 10.6 Å². The quantitative estimate of drug-likeness (QED) is 0.844. The first kappa shape index (κ1) is 17.3. The van der Waals surface area contributed by atoms with Gasteiger partial charge >= 0.3 is 5.69 Å². The van der Waals surface area contributed by atoms with Gasteiger partial charge < -0.3 is 19.9 Å². The number of phenols is 1. The van der Waals surface area contributed by atoms with E-state index in [4.69, 9.17) is 11.6 Å². The number of anilines is 1. The molecule has 4 rings (SSSR count). The molecule has 0 radical (unpaired) electrons. The van der Waals surface area contributed by atoms with Crippen LogP contribution in [0.3, 0.4) is 0 Å². The molecule has 0 bridgehead atoms. The van der Waals surface area contributed by atoms with E-state index >= 15 is 0 Å². The molecule has 2 aliphatic rings. The minimum atomic E-state index is -0.296. The molecule has 1 aromatic heterocycles. The topological polar surface area (TPSA) is 75.7 Å². The smallest absolute Gasteiger partial charge is 0.347 e. The van der Waals surface area contributed by atoms with E-state index in [0.717, 1.165) is 48.8 Å². The van der Waals surface area contributed by atoms with Gasteiger partial charge in [-0.2, -0.15) is 4.98 Å². The SMILES string of the molecule is CN1CCN(c2nc(=O)[nH]c3c2CN(Cc2cc(O)ccc2Cl)C3)CC1. The molecule has 0 atom stereocenters. The Labute approximate surface area is 156 Å². The standard InChI is InChI=1S/C18H22ClN5O2/c1-22-4-6-24(7-5-22)17-14-10-23(11-16(14)20-18(26)21-17)9-12-8-13(25)2-3-15(12)19/h2-3,8,25H,4-7,9-11H2,1H3,(H,20,21,26). The Morgan fingerprint density at radius 1 is 1.23 bits per heavy atom. The summed E-state index contributed by atoms with van der Waals surface area (Å²) in [4.78, 5) is 25.9. The number of aromatic nitrogens is 2. The minimum Gasteiger partial charge on any atom is -0.508 e. The highest BCUT2D eigenvalue weighted by molar-refractivity contribution is 6.31. The molecule has 0 unspecified atom stereocenters. The molecule has 3 heterocycles. The molecule has 138 valence electrons. The van der Waals surface area contributed by atoms with Crippen LogP contribution in [-0.4, -0.2) is 58.1 Å². The lowest BCUT2D eigenvalue weighted by Gasteiger charge is -2.34. The molecule has 2 aliphatic heterocycles. The Balaban J connectivity index is 1.57. The predicted molar refractivity (Wildman–Crippen MR) is 101 cm³/mol. The number of benzene rings is 1. The first-order chi connectivity index (χ1) is 12.5. The van der Waals surface area contributed by atoms with E-state index < -0.39 is 0 Å². The van der Waals surface area contributed by atoms with Crippen molar-refractivity contribution in [2.24, 2.45) is 0 Å². The van der Waals surface area contributed by atoms with Crippen LogP contribution in [0, 0.1) is 0 Å². The highest BCUT2D eigenvalue weighted by atomic mass is 35.5. The number of aromatic amines is 1. The zero-order chi connectivity index (χ0) is 18.3. The van der Waals surface area contributed by atoms with Crippen molar-refractivity contribution in [2.45, 2.75) is 19.6 Å². The van der Waals surface area contributed by atoms with E-state index in [2.05, 4.69) is 31.7 Å². The Morgan fingerprint density at radius 3 is 2.77 bits per heavy atom. The number of nitrogens with zero attached hydrogens (tertiary/aromatic N) is 4. The van der Waals surface area contributed by atoms with Gasteiger partial charge in [0.2, 0.25) is 0 Å². The lowest BCUT2D eigenvalue weighted by Crippen LogP contribution is -2.45. The molecule has 26 heavy (non-hydrogen) atoms. The number of hydrogen-bond acceptors (Lipinski definition) is 6. The summed E-state index contributed by atoms with van der Waals surface area (Å²) in [6, 6.07) is 4.97. The second-order valence-electron chi connectivity index (χ2n) is 7.03. The largest absolute Gasteiger partial charge is 0.508 e. The van der Waals surface area contributed by atoms with Crippen molar-refractivity contribution < 1.29 is 5.11 Å². The van der Waals surface area contributed by atoms with Gasteiger partial charge in [0.05, 0.1) is 0 Å². The molecule has 1 saturated heterocycles. The number of H-pyrrole nitrogens is 1. The Bertz CT molecular complexity index is 876. The second kappa shape index (κ2) is 6.90. The lowest BCUT2D eigenvalue weighted by molar-refractivity contribution is 0.273. The van der Waals surface area contributed by atoms with E-state index in [-0.39, 0.29) is 11.4 Å². The molecule has 1 aromatic carbocycles. The van der Waals surface area contributed by atoms with Gasteiger partial charge in [0.25, 0.3) is 0 Å². The lowest BCUT2D eigenvalue weighted by atomic mass is 10.2. The number of halogens is 1. The number of likely N-dealkylation sites (N-methyl/N-ethyl adjacent to an activating group) is 1. The average Bonchev–Trinajstić information content (AvgIpc) is 3.00. The fourth-order valence-electron chi connectivity index (χ4n) is 3.65. The van der Waals surface area contributed by atoms with Gasteiger partial charge in [-0.1, -0.05) is 11.6 Å². The number of rotatable bonds is 3. The number of fused-ring (bicyclic) bond motifs is 1. The van der Waals surface area contributed by atoms with Crippen molar-refractivity contribution in [1.82, 2.24) is 19.8 Å². The van der Waals surface area contributed by atoms with Crippen molar-refractivity contribution >= 4 is 17.4 Å². The first-order valence-electron chi connectivity index (χ1n) is 8.75. The highest BCUT2D eigenvalue weighted by Gasteiger charge is 2.28. The van der Waals surface area contributed by atoms with Crippen molar-refractivity contribution in [3.8, 4) is 5.75 Å². The highest BCUT2D eigenvalue weighted by Crippen LogP contribution is 2.31. The Morgan fingerprint density at radius 2 is 2.00 bits per heavy atom. The zero-order valence-electron chi connectivity index (χ0n) is 14.7. The van der Waals surface area contributed by atoms with Gasteiger partial charge in [-0.25, -0.2) is 4.79 Å². The van der Waals surface area contributed by atoms with Crippen LogP contribution in [-0.2, 0) is 19.6 Å². The van der Waals surface area contributed by atoms with Crippen LogP contribution >= 0.6 is 11.6 Å². The average molecular weight is 376 g/mol. The fraction of sp³-hybridized carbons (Fsp3) is 0.444. The summed E-state index contributed by atoms with van der Waals surface area (Å²) in [6.07, 6.45) is 0. The monoisotopic (exact) mass is 375 g/mol.